The van der Waals surface area contributed by atoms with E-state index in [0.717, 1.165) is 37.0 Å². The van der Waals surface area contributed by atoms with Crippen LogP contribution in [0.25, 0.3) is 0 Å². The summed E-state index contributed by atoms with van der Waals surface area (Å²) in [6.07, 6.45) is 5.00. The first-order valence-corrected chi connectivity index (χ1v) is 11.5. The second kappa shape index (κ2) is 9.25. The second-order valence-corrected chi connectivity index (χ2v) is 8.89. The Morgan fingerprint density at radius 1 is 1.21 bits per heavy atom. The topological polar surface area (TPSA) is 106 Å². The molecule has 4 rings (SSSR count). The molecule has 176 valence electrons. The summed E-state index contributed by atoms with van der Waals surface area (Å²) in [5, 5.41) is 5.82. The fourth-order valence-corrected chi connectivity index (χ4v) is 4.30. The van der Waals surface area contributed by atoms with E-state index in [2.05, 4.69) is 15.6 Å². The lowest BCUT2D eigenvalue weighted by Crippen LogP contribution is -2.64. The van der Waals surface area contributed by atoms with Crippen LogP contribution in [0.2, 0.25) is 0 Å². The number of unbranched alkanes of at least 4 members (excludes halogenated alkanes) is 1. The number of rotatable bonds is 9. The van der Waals surface area contributed by atoms with Crippen molar-refractivity contribution in [3.05, 3.63) is 47.5 Å². The number of imidazole rings is 1. The van der Waals surface area contributed by atoms with Gasteiger partial charge in [-0.3, -0.25) is 14.4 Å². The van der Waals surface area contributed by atoms with Crippen molar-refractivity contribution in [3.8, 4) is 5.75 Å². The molecule has 2 N–H and O–H groups in total. The van der Waals surface area contributed by atoms with Gasteiger partial charge in [-0.05, 0) is 43.9 Å². The Bertz CT molecular complexity index is 1040. The summed E-state index contributed by atoms with van der Waals surface area (Å²) >= 11 is 0. The van der Waals surface area contributed by atoms with Crippen molar-refractivity contribution in [2.24, 2.45) is 0 Å². The average molecular weight is 454 g/mol. The molecule has 1 aromatic carbocycles. The van der Waals surface area contributed by atoms with Gasteiger partial charge in [0.25, 0.3) is 11.8 Å². The van der Waals surface area contributed by atoms with Crippen LogP contribution in [0.15, 0.2) is 30.6 Å². The molecule has 0 unspecified atom stereocenters. The maximum Gasteiger partial charge on any atom is 0.274 e. The van der Waals surface area contributed by atoms with E-state index in [4.69, 9.17) is 4.74 Å². The Morgan fingerprint density at radius 3 is 2.58 bits per heavy atom. The number of ether oxygens (including phenoxy) is 1. The molecule has 1 fully saturated rings. The van der Waals surface area contributed by atoms with Gasteiger partial charge in [-0.25, -0.2) is 4.98 Å². The van der Waals surface area contributed by atoms with Gasteiger partial charge in [0.05, 0.1) is 20.0 Å². The van der Waals surface area contributed by atoms with Crippen molar-refractivity contribution in [1.29, 1.82) is 0 Å². The fourth-order valence-electron chi connectivity index (χ4n) is 4.30. The van der Waals surface area contributed by atoms with Gasteiger partial charge in [0, 0.05) is 19.1 Å². The van der Waals surface area contributed by atoms with E-state index in [0.29, 0.717) is 13.1 Å². The molecule has 0 saturated heterocycles. The number of methoxy groups -OCH3 is 1. The highest BCUT2D eigenvalue weighted by Gasteiger charge is 2.53. The Kier molecular flexibility index (Phi) is 6.40. The molecular formula is C24H31N5O4. The first-order chi connectivity index (χ1) is 15.9. The molecule has 0 spiro atoms. The summed E-state index contributed by atoms with van der Waals surface area (Å²) in [6.45, 7) is 4.95. The highest BCUT2D eigenvalue weighted by Crippen LogP contribution is 2.38. The Labute approximate surface area is 193 Å². The normalized spacial score (nSPS) is 19.7. The third-order valence-corrected chi connectivity index (χ3v) is 6.31. The van der Waals surface area contributed by atoms with E-state index >= 15 is 0 Å². The summed E-state index contributed by atoms with van der Waals surface area (Å²) in [5.41, 5.74) is 0.245. The van der Waals surface area contributed by atoms with Crippen LogP contribution >= 0.6 is 0 Å². The number of carbonyl (C=O) groups is 3. The number of nitrogens with one attached hydrogen (secondary N) is 2. The third kappa shape index (κ3) is 4.44. The fraction of sp³-hybridized carbons (Fsp3) is 0.500. The molecule has 2 heterocycles. The van der Waals surface area contributed by atoms with Crippen LogP contribution in [0.4, 0.5) is 0 Å². The van der Waals surface area contributed by atoms with Crippen LogP contribution in [0, 0.1) is 0 Å². The largest absolute Gasteiger partial charge is 0.497 e. The molecule has 1 saturated carbocycles. The molecule has 9 heteroatoms. The molecule has 3 amide bonds. The highest BCUT2D eigenvalue weighted by molar-refractivity contribution is 6.07. The van der Waals surface area contributed by atoms with Gasteiger partial charge in [0.15, 0.2) is 5.69 Å². The van der Waals surface area contributed by atoms with E-state index < -0.39 is 5.54 Å². The van der Waals surface area contributed by atoms with Gasteiger partial charge in [-0.15, -0.1) is 0 Å². The van der Waals surface area contributed by atoms with Crippen LogP contribution in [0.5, 0.6) is 5.75 Å². The predicted octanol–water partition coefficient (Wildman–Crippen LogP) is 2.11. The minimum Gasteiger partial charge on any atom is -0.497 e. The molecule has 2 aromatic rings. The molecule has 0 bridgehead atoms. The van der Waals surface area contributed by atoms with Crippen molar-refractivity contribution in [2.75, 3.05) is 13.7 Å². The van der Waals surface area contributed by atoms with Gasteiger partial charge >= 0.3 is 0 Å². The standard InChI is InChI=1S/C24H31N5O4/c1-4-5-12-25-21(30)19-20-22(31)29(17-8-9-17)24(2,14-28(20)15-27-19)23(32)26-13-16-6-10-18(33-3)11-7-16/h6-7,10-11,15,17H,4-5,8-9,12-14H2,1-3H3,(H,25,30)(H,26,32)/t24-/m1/s1. The third-order valence-electron chi connectivity index (χ3n) is 6.31. The number of aromatic nitrogens is 2. The van der Waals surface area contributed by atoms with Gasteiger partial charge in [0.1, 0.15) is 17.0 Å². The Morgan fingerprint density at radius 2 is 1.94 bits per heavy atom. The number of nitrogens with zero attached hydrogens (tertiary/aromatic N) is 3. The van der Waals surface area contributed by atoms with Gasteiger partial charge < -0.3 is 24.8 Å². The van der Waals surface area contributed by atoms with Crippen molar-refractivity contribution in [3.63, 3.8) is 0 Å². The molecule has 1 aliphatic carbocycles. The zero-order chi connectivity index (χ0) is 23.6. The zero-order valence-electron chi connectivity index (χ0n) is 19.4. The number of hydrogen-bond donors (Lipinski definition) is 2. The summed E-state index contributed by atoms with van der Waals surface area (Å²) in [5.74, 6) is -0.151. The molecule has 2 aliphatic rings. The smallest absolute Gasteiger partial charge is 0.274 e. The van der Waals surface area contributed by atoms with Crippen LogP contribution < -0.4 is 15.4 Å². The number of benzene rings is 1. The monoisotopic (exact) mass is 453 g/mol. The van der Waals surface area contributed by atoms with E-state index in [1.165, 1.54) is 6.33 Å². The van der Waals surface area contributed by atoms with Crippen LogP contribution in [-0.4, -0.2) is 57.4 Å². The second-order valence-electron chi connectivity index (χ2n) is 8.89. The van der Waals surface area contributed by atoms with Crippen LogP contribution in [0.3, 0.4) is 0 Å². The molecule has 1 aliphatic heterocycles. The van der Waals surface area contributed by atoms with Crippen LogP contribution in [-0.2, 0) is 17.9 Å². The molecule has 1 aromatic heterocycles. The summed E-state index contributed by atoms with van der Waals surface area (Å²) in [4.78, 5) is 45.5. The SMILES string of the molecule is CCCCNC(=O)c1ncn2c1C(=O)N(C1CC1)[C@@](C)(C(=O)NCc1ccc(OC)cc1)C2. The molecular weight excluding hydrogens is 422 g/mol. The van der Waals surface area contributed by atoms with E-state index in [1.54, 1.807) is 23.5 Å². The quantitative estimate of drug-likeness (QED) is 0.566. The molecule has 9 nitrogen and oxygen atoms in total. The lowest BCUT2D eigenvalue weighted by Gasteiger charge is -2.44. The van der Waals surface area contributed by atoms with E-state index in [1.807, 2.05) is 31.2 Å². The average Bonchev–Trinajstić information content (AvgIpc) is 3.55. The van der Waals surface area contributed by atoms with E-state index in [9.17, 15) is 14.4 Å². The highest BCUT2D eigenvalue weighted by atomic mass is 16.5. The van der Waals surface area contributed by atoms with Crippen molar-refractivity contribution in [2.45, 2.75) is 64.2 Å². The maximum absolute atomic E-state index is 13.6. The number of amides is 3. The van der Waals surface area contributed by atoms with Crippen molar-refractivity contribution >= 4 is 17.7 Å². The summed E-state index contributed by atoms with van der Waals surface area (Å²) in [7, 11) is 1.61. The maximum atomic E-state index is 13.6. The minimum absolute atomic E-state index is 0.00566. The van der Waals surface area contributed by atoms with Gasteiger partial charge in [-0.2, -0.15) is 0 Å². The predicted molar refractivity (Wildman–Crippen MR) is 122 cm³/mol. The van der Waals surface area contributed by atoms with Crippen LogP contribution in [0.1, 0.15) is 66.1 Å². The molecule has 33 heavy (non-hydrogen) atoms. The first kappa shape index (κ1) is 22.8. The molecule has 1 atom stereocenters. The van der Waals surface area contributed by atoms with Gasteiger partial charge in [0.2, 0.25) is 5.91 Å². The first-order valence-electron chi connectivity index (χ1n) is 11.5. The lowest BCUT2D eigenvalue weighted by molar-refractivity contribution is -0.133. The zero-order valence-corrected chi connectivity index (χ0v) is 19.4. The number of hydrogen-bond acceptors (Lipinski definition) is 5. The Balaban J connectivity index is 1.54. The van der Waals surface area contributed by atoms with Crippen molar-refractivity contribution in [1.82, 2.24) is 25.1 Å². The summed E-state index contributed by atoms with van der Waals surface area (Å²) in [6, 6.07) is 7.46. The van der Waals surface area contributed by atoms with Gasteiger partial charge in [-0.1, -0.05) is 25.5 Å². The van der Waals surface area contributed by atoms with Crippen molar-refractivity contribution < 1.29 is 19.1 Å². The lowest BCUT2D eigenvalue weighted by atomic mass is 9.93. The number of carbonyl (C=O) groups excluding carboxylic acids is 3. The molecule has 0 radical (unpaired) electrons. The van der Waals surface area contributed by atoms with E-state index in [-0.39, 0.29) is 41.7 Å². The minimum atomic E-state index is -1.08. The number of fused-ring (bicyclic) bond motifs is 1. The Hall–Kier alpha value is -3.36. The summed E-state index contributed by atoms with van der Waals surface area (Å²) < 4.78 is 6.82.